The van der Waals surface area contributed by atoms with E-state index in [1.165, 1.54) is 12.1 Å². The van der Waals surface area contributed by atoms with E-state index in [2.05, 4.69) is 0 Å². The quantitative estimate of drug-likeness (QED) is 0.866. The smallest absolute Gasteiger partial charge is 0.123 e. The zero-order chi connectivity index (χ0) is 13.3. The topological polar surface area (TPSA) is 26.0 Å². The fourth-order valence-electron chi connectivity index (χ4n) is 2.30. The molecule has 0 amide bonds. The Hall–Kier alpha value is -1.38. The van der Waals surface area contributed by atoms with Crippen LogP contribution in [0.25, 0.3) is 0 Å². The van der Waals surface area contributed by atoms with E-state index >= 15 is 0 Å². The number of aryl methyl sites for hydroxylation is 2. The zero-order valence-electron chi connectivity index (χ0n) is 10.4. The molecule has 18 heavy (non-hydrogen) atoms. The molecule has 0 aliphatic heterocycles. The van der Waals surface area contributed by atoms with Crippen molar-refractivity contribution in [1.29, 1.82) is 0 Å². The monoisotopic (exact) mass is 263 g/mol. The fourth-order valence-corrected chi connectivity index (χ4v) is 2.55. The van der Waals surface area contributed by atoms with Crippen LogP contribution in [-0.4, -0.2) is 0 Å². The first-order valence-corrected chi connectivity index (χ1v) is 6.15. The predicted molar refractivity (Wildman–Crippen MR) is 73.4 cm³/mol. The molecule has 0 aliphatic carbocycles. The Morgan fingerprint density at radius 3 is 2.22 bits per heavy atom. The van der Waals surface area contributed by atoms with Gasteiger partial charge in [0.2, 0.25) is 0 Å². The SMILES string of the molecule is Cc1cc(F)cc(C)c1C(N)c1ccccc1Cl. The lowest BCUT2D eigenvalue weighted by atomic mass is 9.92. The maximum atomic E-state index is 13.3. The van der Waals surface area contributed by atoms with E-state index in [0.29, 0.717) is 5.02 Å². The second-order valence-electron chi connectivity index (χ2n) is 4.45. The van der Waals surface area contributed by atoms with E-state index < -0.39 is 0 Å². The predicted octanol–water partition coefficient (Wildman–Crippen LogP) is 4.14. The van der Waals surface area contributed by atoms with E-state index in [9.17, 15) is 4.39 Å². The van der Waals surface area contributed by atoms with Crippen LogP contribution in [0.3, 0.4) is 0 Å². The molecule has 2 aromatic carbocycles. The molecule has 0 saturated heterocycles. The first-order chi connectivity index (χ1) is 8.50. The number of nitrogens with two attached hydrogens (primary N) is 1. The molecule has 2 N–H and O–H groups in total. The van der Waals surface area contributed by atoms with Gasteiger partial charge in [0.05, 0.1) is 6.04 Å². The largest absolute Gasteiger partial charge is 0.320 e. The van der Waals surface area contributed by atoms with Crippen LogP contribution in [0, 0.1) is 19.7 Å². The van der Waals surface area contributed by atoms with Gasteiger partial charge in [0.15, 0.2) is 0 Å². The molecule has 2 aromatic rings. The zero-order valence-corrected chi connectivity index (χ0v) is 11.1. The first kappa shape index (κ1) is 13.1. The van der Waals surface area contributed by atoms with Gasteiger partial charge in [-0.25, -0.2) is 4.39 Å². The molecule has 0 aromatic heterocycles. The van der Waals surface area contributed by atoms with Crippen LogP contribution in [0.4, 0.5) is 4.39 Å². The average Bonchev–Trinajstić information content (AvgIpc) is 2.27. The third kappa shape index (κ3) is 2.40. The first-order valence-electron chi connectivity index (χ1n) is 5.77. The molecule has 3 heteroatoms. The molecule has 0 spiro atoms. The van der Waals surface area contributed by atoms with Gasteiger partial charge in [-0.2, -0.15) is 0 Å². The molecule has 1 nitrogen and oxygen atoms in total. The van der Waals surface area contributed by atoms with E-state index in [0.717, 1.165) is 22.3 Å². The molecular weight excluding hydrogens is 249 g/mol. The van der Waals surface area contributed by atoms with Crippen molar-refractivity contribution in [3.63, 3.8) is 0 Å². The van der Waals surface area contributed by atoms with Gasteiger partial charge in [-0.3, -0.25) is 0 Å². The maximum Gasteiger partial charge on any atom is 0.123 e. The number of benzene rings is 2. The lowest BCUT2D eigenvalue weighted by Gasteiger charge is -2.19. The summed E-state index contributed by atoms with van der Waals surface area (Å²) >= 11 is 6.15. The van der Waals surface area contributed by atoms with Crippen LogP contribution in [-0.2, 0) is 0 Å². The Labute approximate surface area is 111 Å². The number of halogens is 2. The summed E-state index contributed by atoms with van der Waals surface area (Å²) in [5.41, 5.74) is 9.75. The second kappa shape index (κ2) is 5.09. The highest BCUT2D eigenvalue weighted by Gasteiger charge is 2.17. The molecule has 94 valence electrons. The Morgan fingerprint density at radius 1 is 1.11 bits per heavy atom. The molecular formula is C15H15ClFN. The van der Waals surface area contributed by atoms with Crippen LogP contribution in [0.1, 0.15) is 28.3 Å². The van der Waals surface area contributed by atoms with Gasteiger partial charge in [-0.1, -0.05) is 29.8 Å². The van der Waals surface area contributed by atoms with Gasteiger partial charge < -0.3 is 5.73 Å². The minimum absolute atomic E-state index is 0.236. The minimum Gasteiger partial charge on any atom is -0.320 e. The average molecular weight is 264 g/mol. The molecule has 0 saturated carbocycles. The summed E-state index contributed by atoms with van der Waals surface area (Å²) in [5.74, 6) is -0.236. The Bertz CT molecular complexity index is 557. The molecule has 0 bridgehead atoms. The van der Waals surface area contributed by atoms with Crippen LogP contribution in [0.2, 0.25) is 5.02 Å². The standard InChI is InChI=1S/C15H15ClFN/c1-9-7-11(17)8-10(2)14(9)15(18)12-5-3-4-6-13(12)16/h3-8,15H,18H2,1-2H3. The third-order valence-corrected chi connectivity index (χ3v) is 3.45. The van der Waals surface area contributed by atoms with Crippen molar-refractivity contribution in [3.05, 3.63) is 69.5 Å². The summed E-state index contributed by atoms with van der Waals surface area (Å²) in [6.45, 7) is 3.73. The highest BCUT2D eigenvalue weighted by Crippen LogP contribution is 2.30. The summed E-state index contributed by atoms with van der Waals surface area (Å²) in [5, 5.41) is 0.633. The summed E-state index contributed by atoms with van der Waals surface area (Å²) in [6, 6.07) is 10.1. The lowest BCUT2D eigenvalue weighted by molar-refractivity contribution is 0.623. The molecule has 2 rings (SSSR count). The van der Waals surface area contributed by atoms with Gasteiger partial charge in [-0.15, -0.1) is 0 Å². The van der Waals surface area contributed by atoms with Gasteiger partial charge in [0.25, 0.3) is 0 Å². The summed E-state index contributed by atoms with van der Waals surface area (Å²) in [4.78, 5) is 0. The Kier molecular flexibility index (Phi) is 3.69. The van der Waals surface area contributed by atoms with Gasteiger partial charge in [0.1, 0.15) is 5.82 Å². The summed E-state index contributed by atoms with van der Waals surface area (Å²) in [7, 11) is 0. The van der Waals surface area contributed by atoms with Crippen LogP contribution >= 0.6 is 11.6 Å². The summed E-state index contributed by atoms with van der Waals surface area (Å²) in [6.07, 6.45) is 0. The van der Waals surface area contributed by atoms with Crippen LogP contribution in [0.15, 0.2) is 36.4 Å². The molecule has 1 atom stereocenters. The highest BCUT2D eigenvalue weighted by atomic mass is 35.5. The normalized spacial score (nSPS) is 12.5. The summed E-state index contributed by atoms with van der Waals surface area (Å²) < 4.78 is 13.3. The van der Waals surface area contributed by atoms with Crippen molar-refractivity contribution in [1.82, 2.24) is 0 Å². The molecule has 1 unspecified atom stereocenters. The Balaban J connectivity index is 2.53. The molecule has 0 heterocycles. The molecule has 0 fully saturated rings. The van der Waals surface area contributed by atoms with Crippen molar-refractivity contribution >= 4 is 11.6 Å². The third-order valence-electron chi connectivity index (χ3n) is 3.11. The van der Waals surface area contributed by atoms with E-state index in [1.54, 1.807) is 0 Å². The number of hydrogen-bond donors (Lipinski definition) is 1. The van der Waals surface area contributed by atoms with Crippen molar-refractivity contribution in [2.45, 2.75) is 19.9 Å². The van der Waals surface area contributed by atoms with E-state index in [1.807, 2.05) is 38.1 Å². The van der Waals surface area contributed by atoms with Crippen molar-refractivity contribution in [2.24, 2.45) is 5.73 Å². The van der Waals surface area contributed by atoms with Crippen molar-refractivity contribution in [3.8, 4) is 0 Å². The van der Waals surface area contributed by atoms with Crippen LogP contribution in [0.5, 0.6) is 0 Å². The fraction of sp³-hybridized carbons (Fsp3) is 0.200. The lowest BCUT2D eigenvalue weighted by Crippen LogP contribution is -2.15. The second-order valence-corrected chi connectivity index (χ2v) is 4.86. The maximum absolute atomic E-state index is 13.3. The van der Waals surface area contributed by atoms with Gasteiger partial charge in [0, 0.05) is 5.02 Å². The van der Waals surface area contributed by atoms with E-state index in [-0.39, 0.29) is 11.9 Å². The van der Waals surface area contributed by atoms with Crippen molar-refractivity contribution in [2.75, 3.05) is 0 Å². The van der Waals surface area contributed by atoms with Gasteiger partial charge >= 0.3 is 0 Å². The van der Waals surface area contributed by atoms with Gasteiger partial charge in [-0.05, 0) is 54.3 Å². The molecule has 0 aliphatic rings. The van der Waals surface area contributed by atoms with Crippen LogP contribution < -0.4 is 5.73 Å². The number of rotatable bonds is 2. The number of hydrogen-bond acceptors (Lipinski definition) is 1. The molecule has 0 radical (unpaired) electrons. The highest BCUT2D eigenvalue weighted by molar-refractivity contribution is 6.31. The Morgan fingerprint density at radius 2 is 1.67 bits per heavy atom. The van der Waals surface area contributed by atoms with Crippen molar-refractivity contribution < 1.29 is 4.39 Å². The van der Waals surface area contributed by atoms with E-state index in [4.69, 9.17) is 17.3 Å². The minimum atomic E-state index is -0.334.